The zero-order valence-corrected chi connectivity index (χ0v) is 11.4. The summed E-state index contributed by atoms with van der Waals surface area (Å²) in [5.41, 5.74) is 1.82. The van der Waals surface area contributed by atoms with Crippen molar-refractivity contribution in [3.63, 3.8) is 0 Å². The van der Waals surface area contributed by atoms with Crippen molar-refractivity contribution < 1.29 is 19.3 Å². The summed E-state index contributed by atoms with van der Waals surface area (Å²) in [7, 11) is 1.56. The molecule has 2 aromatic carbocycles. The van der Waals surface area contributed by atoms with E-state index in [1.807, 2.05) is 30.3 Å². The Hall–Kier alpha value is -2.04. The van der Waals surface area contributed by atoms with Crippen molar-refractivity contribution in [3.8, 4) is 11.5 Å². The molecule has 0 heterocycles. The van der Waals surface area contributed by atoms with Gasteiger partial charge in [0.1, 0.15) is 18.1 Å². The smallest absolute Gasteiger partial charge is 0.188 e. The highest BCUT2D eigenvalue weighted by molar-refractivity contribution is 5.38. The van der Waals surface area contributed by atoms with E-state index in [0.717, 1.165) is 11.1 Å². The summed E-state index contributed by atoms with van der Waals surface area (Å²) in [6, 6.07) is 15.2. The Bertz CT molecular complexity index is 525. The Labute approximate surface area is 118 Å². The molecule has 0 unspecified atom stereocenters. The van der Waals surface area contributed by atoms with Crippen molar-refractivity contribution in [3.05, 3.63) is 59.7 Å². The topological polar surface area (TPSA) is 47.9 Å². The molecule has 0 aliphatic carbocycles. The second-order valence-electron chi connectivity index (χ2n) is 4.30. The van der Waals surface area contributed by atoms with Gasteiger partial charge in [-0.1, -0.05) is 30.3 Å². The minimum atomic E-state index is -0.0636. The van der Waals surface area contributed by atoms with E-state index in [4.69, 9.17) is 14.2 Å². The van der Waals surface area contributed by atoms with Crippen molar-refractivity contribution in [2.45, 2.75) is 13.2 Å². The van der Waals surface area contributed by atoms with E-state index in [2.05, 4.69) is 0 Å². The SMILES string of the molecule is COCOc1cc(CO)cc(OCc2ccccc2)c1. The molecule has 0 radical (unpaired) electrons. The molecule has 0 aliphatic heterocycles. The number of aliphatic hydroxyl groups is 1. The van der Waals surface area contributed by atoms with E-state index in [9.17, 15) is 5.11 Å². The number of hydrogen-bond acceptors (Lipinski definition) is 4. The molecule has 1 N–H and O–H groups in total. The average Bonchev–Trinajstić information content (AvgIpc) is 2.51. The maximum atomic E-state index is 9.25. The van der Waals surface area contributed by atoms with Crippen LogP contribution in [0.4, 0.5) is 0 Å². The highest BCUT2D eigenvalue weighted by atomic mass is 16.7. The third-order valence-corrected chi connectivity index (χ3v) is 2.71. The number of aliphatic hydroxyl groups excluding tert-OH is 1. The molecule has 0 fully saturated rings. The zero-order valence-electron chi connectivity index (χ0n) is 11.4. The first kappa shape index (κ1) is 14.4. The van der Waals surface area contributed by atoms with Crippen molar-refractivity contribution in [1.29, 1.82) is 0 Å². The monoisotopic (exact) mass is 274 g/mol. The van der Waals surface area contributed by atoms with Gasteiger partial charge in [0.2, 0.25) is 0 Å². The van der Waals surface area contributed by atoms with Crippen LogP contribution in [-0.4, -0.2) is 19.0 Å². The molecule has 0 aromatic heterocycles. The number of hydrogen-bond donors (Lipinski definition) is 1. The standard InChI is InChI=1S/C16H18O4/c1-18-12-20-16-8-14(10-17)7-15(9-16)19-11-13-5-3-2-4-6-13/h2-9,17H,10-12H2,1H3. The van der Waals surface area contributed by atoms with E-state index in [0.29, 0.717) is 18.1 Å². The van der Waals surface area contributed by atoms with E-state index in [1.165, 1.54) is 0 Å². The number of rotatable bonds is 7. The van der Waals surface area contributed by atoms with Crippen LogP contribution in [0.2, 0.25) is 0 Å². The first-order chi connectivity index (χ1) is 9.81. The molecule has 0 aliphatic rings. The molecule has 0 amide bonds. The molecule has 0 saturated heterocycles. The Morgan fingerprint density at radius 3 is 2.25 bits per heavy atom. The number of methoxy groups -OCH3 is 1. The molecule has 2 aromatic rings. The first-order valence-electron chi connectivity index (χ1n) is 6.35. The van der Waals surface area contributed by atoms with Crippen LogP contribution >= 0.6 is 0 Å². The lowest BCUT2D eigenvalue weighted by atomic mass is 10.2. The lowest BCUT2D eigenvalue weighted by molar-refractivity contribution is 0.0508. The zero-order chi connectivity index (χ0) is 14.2. The maximum absolute atomic E-state index is 9.25. The molecular formula is C16H18O4. The largest absolute Gasteiger partial charge is 0.489 e. The lowest BCUT2D eigenvalue weighted by Gasteiger charge is -2.11. The minimum Gasteiger partial charge on any atom is -0.489 e. The van der Waals surface area contributed by atoms with Crippen molar-refractivity contribution in [2.75, 3.05) is 13.9 Å². The Morgan fingerprint density at radius 1 is 0.900 bits per heavy atom. The van der Waals surface area contributed by atoms with Crippen LogP contribution in [0.1, 0.15) is 11.1 Å². The van der Waals surface area contributed by atoms with Crippen LogP contribution in [0.25, 0.3) is 0 Å². The Morgan fingerprint density at radius 2 is 1.60 bits per heavy atom. The lowest BCUT2D eigenvalue weighted by Crippen LogP contribution is -2.01. The van der Waals surface area contributed by atoms with E-state index in [1.54, 1.807) is 25.3 Å². The van der Waals surface area contributed by atoms with Gasteiger partial charge in [-0.15, -0.1) is 0 Å². The average molecular weight is 274 g/mol. The molecule has 20 heavy (non-hydrogen) atoms. The molecular weight excluding hydrogens is 256 g/mol. The van der Waals surface area contributed by atoms with E-state index >= 15 is 0 Å². The van der Waals surface area contributed by atoms with Gasteiger partial charge in [-0.2, -0.15) is 0 Å². The summed E-state index contributed by atoms with van der Waals surface area (Å²) in [5, 5.41) is 9.25. The Balaban J connectivity index is 2.06. The van der Waals surface area contributed by atoms with Crippen LogP contribution < -0.4 is 9.47 Å². The van der Waals surface area contributed by atoms with Gasteiger partial charge in [0, 0.05) is 13.2 Å². The molecule has 0 saturated carbocycles. The van der Waals surface area contributed by atoms with Gasteiger partial charge in [0.05, 0.1) is 6.61 Å². The Kier molecular flexibility index (Phi) is 5.41. The maximum Gasteiger partial charge on any atom is 0.188 e. The second-order valence-corrected chi connectivity index (χ2v) is 4.30. The van der Waals surface area contributed by atoms with Crippen molar-refractivity contribution in [1.82, 2.24) is 0 Å². The van der Waals surface area contributed by atoms with Gasteiger partial charge in [0.25, 0.3) is 0 Å². The van der Waals surface area contributed by atoms with Crippen LogP contribution in [-0.2, 0) is 18.0 Å². The summed E-state index contributed by atoms with van der Waals surface area (Å²) in [6.45, 7) is 0.568. The molecule has 106 valence electrons. The molecule has 0 bridgehead atoms. The van der Waals surface area contributed by atoms with E-state index < -0.39 is 0 Å². The predicted octanol–water partition coefficient (Wildman–Crippen LogP) is 2.74. The van der Waals surface area contributed by atoms with Gasteiger partial charge in [0.15, 0.2) is 6.79 Å². The number of ether oxygens (including phenoxy) is 3. The van der Waals surface area contributed by atoms with Crippen LogP contribution in [0.15, 0.2) is 48.5 Å². The fourth-order valence-electron chi connectivity index (χ4n) is 1.76. The van der Waals surface area contributed by atoms with Gasteiger partial charge in [-0.25, -0.2) is 0 Å². The molecule has 4 nitrogen and oxygen atoms in total. The molecule has 4 heteroatoms. The predicted molar refractivity (Wildman–Crippen MR) is 75.6 cm³/mol. The third kappa shape index (κ3) is 4.26. The molecule has 0 spiro atoms. The van der Waals surface area contributed by atoms with Gasteiger partial charge < -0.3 is 19.3 Å². The molecule has 0 atom stereocenters. The highest BCUT2D eigenvalue weighted by Crippen LogP contribution is 2.24. The van der Waals surface area contributed by atoms with Gasteiger partial charge in [-0.3, -0.25) is 0 Å². The fourth-order valence-corrected chi connectivity index (χ4v) is 1.76. The van der Waals surface area contributed by atoms with Crippen molar-refractivity contribution in [2.24, 2.45) is 0 Å². The molecule has 2 rings (SSSR count). The summed E-state index contributed by atoms with van der Waals surface area (Å²) in [4.78, 5) is 0. The number of benzene rings is 2. The summed E-state index contributed by atoms with van der Waals surface area (Å²) in [5.74, 6) is 1.27. The summed E-state index contributed by atoms with van der Waals surface area (Å²) in [6.07, 6.45) is 0. The quantitative estimate of drug-likeness (QED) is 0.789. The van der Waals surface area contributed by atoms with Gasteiger partial charge in [-0.05, 0) is 23.3 Å². The van der Waals surface area contributed by atoms with E-state index in [-0.39, 0.29) is 13.4 Å². The van der Waals surface area contributed by atoms with Crippen LogP contribution in [0.5, 0.6) is 11.5 Å². The second kappa shape index (κ2) is 7.53. The highest BCUT2D eigenvalue weighted by Gasteiger charge is 2.03. The normalized spacial score (nSPS) is 10.3. The minimum absolute atomic E-state index is 0.0636. The van der Waals surface area contributed by atoms with Crippen molar-refractivity contribution >= 4 is 0 Å². The van der Waals surface area contributed by atoms with Crippen LogP contribution in [0.3, 0.4) is 0 Å². The van der Waals surface area contributed by atoms with Crippen LogP contribution in [0, 0.1) is 0 Å². The fraction of sp³-hybridized carbons (Fsp3) is 0.250. The first-order valence-corrected chi connectivity index (χ1v) is 6.35. The summed E-state index contributed by atoms with van der Waals surface area (Å²) < 4.78 is 16.0. The summed E-state index contributed by atoms with van der Waals surface area (Å²) >= 11 is 0. The third-order valence-electron chi connectivity index (χ3n) is 2.71. The van der Waals surface area contributed by atoms with Gasteiger partial charge >= 0.3 is 0 Å².